The molecule has 0 spiro atoms. The van der Waals surface area contributed by atoms with Crippen LogP contribution in [0.5, 0.6) is 0 Å². The number of fused-ring (bicyclic) bond motifs is 2. The molecule has 3 atom stereocenters. The third kappa shape index (κ3) is 3.05. The van der Waals surface area contributed by atoms with Gasteiger partial charge in [0.05, 0.1) is 5.92 Å². The fourth-order valence-electron chi connectivity index (χ4n) is 3.09. The van der Waals surface area contributed by atoms with Crippen molar-refractivity contribution in [1.82, 2.24) is 0 Å². The first kappa shape index (κ1) is 14.6. The van der Waals surface area contributed by atoms with Gasteiger partial charge in [0, 0.05) is 0 Å². The summed E-state index contributed by atoms with van der Waals surface area (Å²) in [5, 5.41) is -4.45. The summed E-state index contributed by atoms with van der Waals surface area (Å²) in [6, 6.07) is 0. The smallest absolute Gasteiger partial charge is 0.402 e. The Morgan fingerprint density at radius 1 is 1.32 bits per heavy atom. The van der Waals surface area contributed by atoms with E-state index in [1.54, 1.807) is 0 Å². The Morgan fingerprint density at radius 2 is 2.00 bits per heavy atom. The van der Waals surface area contributed by atoms with Gasteiger partial charge in [-0.05, 0) is 31.1 Å². The molecule has 2 rings (SSSR count). The number of hydrogen-bond donors (Lipinski definition) is 1. The molecule has 0 saturated heterocycles. The summed E-state index contributed by atoms with van der Waals surface area (Å²) >= 11 is 0. The van der Waals surface area contributed by atoms with E-state index >= 15 is 0 Å². The third-order valence-corrected chi connectivity index (χ3v) is 4.91. The largest absolute Gasteiger partial charge is 0.458 e. The Labute approximate surface area is 110 Å². The molecule has 19 heavy (non-hydrogen) atoms. The van der Waals surface area contributed by atoms with Crippen LogP contribution < -0.4 is 0 Å². The van der Waals surface area contributed by atoms with Gasteiger partial charge in [0.1, 0.15) is 0 Å². The lowest BCUT2D eigenvalue weighted by Crippen LogP contribution is -2.36. The second kappa shape index (κ2) is 4.97. The van der Waals surface area contributed by atoms with Gasteiger partial charge in [0.15, 0.2) is 6.61 Å². The Hall–Kier alpha value is -0.760. The molecular weight excluding hydrogens is 282 g/mol. The topological polar surface area (TPSA) is 80.7 Å². The Balaban J connectivity index is 1.92. The molecule has 110 valence electrons. The lowest BCUT2D eigenvalue weighted by atomic mass is 9.87. The van der Waals surface area contributed by atoms with Crippen molar-refractivity contribution in [3.63, 3.8) is 0 Å². The molecule has 2 fully saturated rings. The maximum Gasteiger partial charge on any atom is 0.402 e. The second-order valence-electron chi connectivity index (χ2n) is 5.36. The molecule has 3 unspecified atom stereocenters. The molecule has 5 nitrogen and oxygen atoms in total. The number of halogens is 2. The van der Waals surface area contributed by atoms with Gasteiger partial charge < -0.3 is 4.74 Å². The Bertz CT molecular complexity index is 462. The van der Waals surface area contributed by atoms with E-state index in [0.717, 1.165) is 25.7 Å². The summed E-state index contributed by atoms with van der Waals surface area (Å²) in [7, 11) is -5.55. The lowest BCUT2D eigenvalue weighted by Gasteiger charge is -2.20. The van der Waals surface area contributed by atoms with Gasteiger partial charge in [-0.2, -0.15) is 17.2 Å². The van der Waals surface area contributed by atoms with Gasteiger partial charge in [-0.3, -0.25) is 9.35 Å². The molecule has 0 aromatic rings. The molecule has 0 aromatic carbocycles. The highest BCUT2D eigenvalue weighted by Crippen LogP contribution is 2.46. The summed E-state index contributed by atoms with van der Waals surface area (Å²) in [6.45, 7) is -1.63. The molecule has 2 aliphatic rings. The van der Waals surface area contributed by atoms with Gasteiger partial charge in [-0.15, -0.1) is 0 Å². The SMILES string of the molecule is O=C(OCC(F)(F)S(=O)(=O)O)C1CC2CCCC1C2. The van der Waals surface area contributed by atoms with E-state index in [2.05, 4.69) is 4.74 Å². The van der Waals surface area contributed by atoms with Gasteiger partial charge in [0.2, 0.25) is 0 Å². The van der Waals surface area contributed by atoms with Crippen LogP contribution in [0.2, 0.25) is 0 Å². The molecule has 0 aliphatic heterocycles. The highest BCUT2D eigenvalue weighted by molar-refractivity contribution is 7.86. The predicted molar refractivity (Wildman–Crippen MR) is 61.0 cm³/mol. The Kier molecular flexibility index (Phi) is 3.83. The minimum absolute atomic E-state index is 0.158. The monoisotopic (exact) mass is 298 g/mol. The summed E-state index contributed by atoms with van der Waals surface area (Å²) in [6.07, 6.45) is 4.49. The van der Waals surface area contributed by atoms with Gasteiger partial charge in [-0.25, -0.2) is 0 Å². The van der Waals surface area contributed by atoms with Crippen LogP contribution in [0.1, 0.15) is 32.1 Å². The maximum absolute atomic E-state index is 12.9. The first-order valence-corrected chi connectivity index (χ1v) is 7.66. The molecule has 2 saturated carbocycles. The number of esters is 1. The van der Waals surface area contributed by atoms with Crippen LogP contribution in [0.15, 0.2) is 0 Å². The van der Waals surface area contributed by atoms with Crippen LogP contribution >= 0.6 is 0 Å². The Morgan fingerprint density at radius 3 is 2.58 bits per heavy atom. The van der Waals surface area contributed by atoms with Crippen molar-refractivity contribution in [3.05, 3.63) is 0 Å². The minimum atomic E-state index is -5.55. The number of rotatable bonds is 4. The van der Waals surface area contributed by atoms with E-state index in [1.165, 1.54) is 0 Å². The molecule has 1 N–H and O–H groups in total. The zero-order chi connectivity index (χ0) is 14.3. The summed E-state index contributed by atoms with van der Waals surface area (Å²) < 4.78 is 59.3. The van der Waals surface area contributed by atoms with E-state index in [0.29, 0.717) is 12.3 Å². The van der Waals surface area contributed by atoms with Crippen molar-refractivity contribution in [1.29, 1.82) is 0 Å². The van der Waals surface area contributed by atoms with E-state index in [-0.39, 0.29) is 5.92 Å². The average molecular weight is 298 g/mol. The van der Waals surface area contributed by atoms with Crippen molar-refractivity contribution in [2.24, 2.45) is 17.8 Å². The van der Waals surface area contributed by atoms with E-state index in [9.17, 15) is 22.0 Å². The molecule has 2 aliphatic carbocycles. The highest BCUT2D eigenvalue weighted by Gasteiger charge is 2.47. The minimum Gasteiger partial charge on any atom is -0.458 e. The number of ether oxygens (including phenoxy) is 1. The van der Waals surface area contributed by atoms with Crippen molar-refractivity contribution in [3.8, 4) is 0 Å². The van der Waals surface area contributed by atoms with E-state index < -0.39 is 33.9 Å². The van der Waals surface area contributed by atoms with Gasteiger partial charge >= 0.3 is 21.3 Å². The molecule has 8 heteroatoms. The van der Waals surface area contributed by atoms with E-state index in [1.807, 2.05) is 0 Å². The van der Waals surface area contributed by atoms with Crippen molar-refractivity contribution < 1.29 is 31.3 Å². The number of carbonyl (C=O) groups is 1. The van der Waals surface area contributed by atoms with Crippen LogP contribution in [0.25, 0.3) is 0 Å². The summed E-state index contributed by atoms with van der Waals surface area (Å²) in [4.78, 5) is 11.7. The fourth-order valence-corrected chi connectivity index (χ4v) is 3.30. The standard InChI is InChI=1S/C11H16F2O5S/c12-11(13,19(15,16)17)6-18-10(14)9-5-7-2-1-3-8(9)4-7/h7-9H,1-6H2,(H,15,16,17). The maximum atomic E-state index is 12.9. The van der Waals surface area contributed by atoms with Crippen molar-refractivity contribution >= 4 is 16.1 Å². The van der Waals surface area contributed by atoms with Crippen molar-refractivity contribution in [2.75, 3.05) is 6.61 Å². The van der Waals surface area contributed by atoms with E-state index in [4.69, 9.17) is 4.55 Å². The molecule has 2 bridgehead atoms. The molecule has 0 amide bonds. The predicted octanol–water partition coefficient (Wildman–Crippen LogP) is 1.84. The molecule has 0 radical (unpaired) electrons. The van der Waals surface area contributed by atoms with Crippen LogP contribution in [-0.4, -0.2) is 30.8 Å². The first-order chi connectivity index (χ1) is 8.71. The molecule has 0 aromatic heterocycles. The fraction of sp³-hybridized carbons (Fsp3) is 0.909. The second-order valence-corrected chi connectivity index (χ2v) is 6.90. The molecular formula is C11H16F2O5S. The number of hydrogen-bond acceptors (Lipinski definition) is 4. The number of alkyl halides is 2. The van der Waals surface area contributed by atoms with Gasteiger partial charge in [-0.1, -0.05) is 12.8 Å². The van der Waals surface area contributed by atoms with Crippen LogP contribution in [0.3, 0.4) is 0 Å². The van der Waals surface area contributed by atoms with Crippen molar-refractivity contribution in [2.45, 2.75) is 37.4 Å². The highest BCUT2D eigenvalue weighted by atomic mass is 32.2. The number of carbonyl (C=O) groups excluding carboxylic acids is 1. The quantitative estimate of drug-likeness (QED) is 0.632. The zero-order valence-corrected chi connectivity index (χ0v) is 11.0. The zero-order valence-electron chi connectivity index (χ0n) is 10.2. The first-order valence-electron chi connectivity index (χ1n) is 6.22. The normalized spacial score (nSPS) is 31.2. The summed E-state index contributed by atoms with van der Waals surface area (Å²) in [5.74, 6) is -0.591. The van der Waals surface area contributed by atoms with Crippen LogP contribution in [0, 0.1) is 17.8 Å². The third-order valence-electron chi connectivity index (χ3n) is 4.04. The average Bonchev–Trinajstić information content (AvgIpc) is 2.60. The molecule has 0 heterocycles. The van der Waals surface area contributed by atoms with Crippen LogP contribution in [-0.2, 0) is 19.6 Å². The summed E-state index contributed by atoms with van der Waals surface area (Å²) in [5.41, 5.74) is 0. The lowest BCUT2D eigenvalue weighted by molar-refractivity contribution is -0.155. The van der Waals surface area contributed by atoms with Crippen LogP contribution in [0.4, 0.5) is 8.78 Å². The van der Waals surface area contributed by atoms with Gasteiger partial charge in [0.25, 0.3) is 0 Å².